The summed E-state index contributed by atoms with van der Waals surface area (Å²) in [5.74, 6) is -0.904. The van der Waals surface area contributed by atoms with E-state index in [0.29, 0.717) is 11.3 Å². The Morgan fingerprint density at radius 3 is 1.94 bits per heavy atom. The number of ketones is 1. The summed E-state index contributed by atoms with van der Waals surface area (Å²) >= 11 is 0. The molecule has 154 valence electrons. The summed E-state index contributed by atoms with van der Waals surface area (Å²) < 4.78 is 7.08. The van der Waals surface area contributed by atoms with Gasteiger partial charge in [0.25, 0.3) is 0 Å². The van der Waals surface area contributed by atoms with Crippen LogP contribution in [0.5, 0.6) is 0 Å². The van der Waals surface area contributed by atoms with Gasteiger partial charge < -0.3 is 4.74 Å². The summed E-state index contributed by atoms with van der Waals surface area (Å²) in [5, 5.41) is 4.58. The first-order valence-electron chi connectivity index (χ1n) is 10.1. The fourth-order valence-corrected chi connectivity index (χ4v) is 3.40. The van der Waals surface area contributed by atoms with Crippen LogP contribution in [0.2, 0.25) is 0 Å². The number of nitrogens with zero attached hydrogens (tertiary/aromatic N) is 2. The first-order valence-corrected chi connectivity index (χ1v) is 10.1. The van der Waals surface area contributed by atoms with Crippen LogP contribution in [-0.2, 0) is 4.74 Å². The van der Waals surface area contributed by atoms with Gasteiger partial charge in [0, 0.05) is 11.1 Å². The predicted molar refractivity (Wildman–Crippen MR) is 119 cm³/mol. The fraction of sp³-hybridized carbons (Fsp3) is 0.115. The molecular formula is C26H22N2O3. The van der Waals surface area contributed by atoms with Gasteiger partial charge in [-0.15, -0.1) is 0 Å². The molecule has 4 aromatic rings. The van der Waals surface area contributed by atoms with Crippen LogP contribution in [0.1, 0.15) is 40.3 Å². The number of esters is 1. The van der Waals surface area contributed by atoms with Crippen molar-refractivity contribution < 1.29 is 14.3 Å². The summed E-state index contributed by atoms with van der Waals surface area (Å²) in [7, 11) is 0. The van der Waals surface area contributed by atoms with E-state index in [1.807, 2.05) is 66.7 Å². The Bertz CT molecular complexity index is 1200. The van der Waals surface area contributed by atoms with Crippen molar-refractivity contribution in [2.45, 2.75) is 20.0 Å². The molecule has 0 amide bonds. The Morgan fingerprint density at radius 2 is 1.35 bits per heavy atom. The lowest BCUT2D eigenvalue weighted by atomic mass is 9.97. The van der Waals surface area contributed by atoms with Gasteiger partial charge >= 0.3 is 5.97 Å². The zero-order valence-corrected chi connectivity index (χ0v) is 17.4. The normalized spacial score (nSPS) is 10.8. The molecule has 5 heteroatoms. The molecule has 0 saturated carbocycles. The molecule has 0 radical (unpaired) electrons. The van der Waals surface area contributed by atoms with Crippen molar-refractivity contribution in [2.24, 2.45) is 0 Å². The molecule has 0 N–H and O–H groups in total. The number of hydrogen-bond donors (Lipinski definition) is 0. The van der Waals surface area contributed by atoms with E-state index in [4.69, 9.17) is 4.74 Å². The van der Waals surface area contributed by atoms with Gasteiger partial charge in [0.05, 0.1) is 23.0 Å². The van der Waals surface area contributed by atoms with Crippen LogP contribution in [0.3, 0.4) is 0 Å². The fourth-order valence-electron chi connectivity index (χ4n) is 3.40. The van der Waals surface area contributed by atoms with Gasteiger partial charge in [-0.3, -0.25) is 4.79 Å². The van der Waals surface area contributed by atoms with E-state index in [1.165, 1.54) is 0 Å². The third-order valence-electron chi connectivity index (χ3n) is 4.73. The molecule has 0 unspecified atom stereocenters. The Morgan fingerprint density at radius 1 is 0.806 bits per heavy atom. The second-order valence-corrected chi connectivity index (χ2v) is 7.33. The summed E-state index contributed by atoms with van der Waals surface area (Å²) in [5.41, 5.74) is 2.79. The average molecular weight is 410 g/mol. The van der Waals surface area contributed by atoms with Crippen molar-refractivity contribution in [3.8, 4) is 16.9 Å². The maximum atomic E-state index is 13.6. The Labute approximate surface area is 180 Å². The highest BCUT2D eigenvalue weighted by molar-refractivity contribution is 6.17. The molecule has 3 aromatic carbocycles. The largest absolute Gasteiger partial charge is 0.458 e. The number of rotatable bonds is 6. The van der Waals surface area contributed by atoms with Crippen molar-refractivity contribution in [1.29, 1.82) is 0 Å². The molecule has 0 aliphatic heterocycles. The second-order valence-electron chi connectivity index (χ2n) is 7.33. The summed E-state index contributed by atoms with van der Waals surface area (Å²) in [4.78, 5) is 26.6. The van der Waals surface area contributed by atoms with Crippen LogP contribution in [0.25, 0.3) is 16.9 Å². The van der Waals surface area contributed by atoms with Crippen molar-refractivity contribution in [3.63, 3.8) is 0 Å². The highest BCUT2D eigenvalue weighted by atomic mass is 16.5. The van der Waals surface area contributed by atoms with E-state index in [0.717, 1.165) is 11.3 Å². The van der Waals surface area contributed by atoms with Crippen molar-refractivity contribution in [1.82, 2.24) is 9.78 Å². The van der Waals surface area contributed by atoms with Gasteiger partial charge in [-0.05, 0) is 26.0 Å². The van der Waals surface area contributed by atoms with Crippen LogP contribution >= 0.6 is 0 Å². The van der Waals surface area contributed by atoms with Crippen LogP contribution in [-0.4, -0.2) is 27.6 Å². The molecule has 0 aliphatic rings. The zero-order valence-electron chi connectivity index (χ0n) is 17.4. The highest BCUT2D eigenvalue weighted by Gasteiger charge is 2.31. The molecule has 1 aromatic heterocycles. The van der Waals surface area contributed by atoms with Crippen LogP contribution in [0.15, 0.2) is 91.0 Å². The first kappa shape index (κ1) is 20.3. The Hall–Kier alpha value is -3.99. The quantitative estimate of drug-likeness (QED) is 0.318. The number of carbonyl (C=O) groups is 2. The molecule has 0 spiro atoms. The first-order chi connectivity index (χ1) is 15.1. The zero-order chi connectivity index (χ0) is 21.8. The average Bonchev–Trinajstić information content (AvgIpc) is 3.21. The molecule has 31 heavy (non-hydrogen) atoms. The monoisotopic (exact) mass is 410 g/mol. The number of para-hydroxylation sites is 1. The van der Waals surface area contributed by atoms with Gasteiger partial charge in [-0.1, -0.05) is 78.9 Å². The van der Waals surface area contributed by atoms with Crippen molar-refractivity contribution in [2.75, 3.05) is 0 Å². The van der Waals surface area contributed by atoms with E-state index >= 15 is 0 Å². The van der Waals surface area contributed by atoms with Crippen molar-refractivity contribution >= 4 is 11.8 Å². The minimum Gasteiger partial charge on any atom is -0.458 e. The van der Waals surface area contributed by atoms with Gasteiger partial charge in [-0.2, -0.15) is 5.10 Å². The summed E-state index contributed by atoms with van der Waals surface area (Å²) in [6.07, 6.45) is -0.339. The number of ether oxygens (including phenoxy) is 1. The van der Waals surface area contributed by atoms with Crippen LogP contribution in [0.4, 0.5) is 0 Å². The van der Waals surface area contributed by atoms with Crippen LogP contribution < -0.4 is 0 Å². The van der Waals surface area contributed by atoms with E-state index < -0.39 is 5.97 Å². The maximum Gasteiger partial charge on any atom is 0.359 e. The Balaban J connectivity index is 2.02. The molecule has 0 bridgehead atoms. The van der Waals surface area contributed by atoms with E-state index in [1.54, 1.807) is 42.8 Å². The number of aromatic nitrogens is 2. The molecule has 0 atom stereocenters. The predicted octanol–water partition coefficient (Wildman–Crippen LogP) is 5.34. The van der Waals surface area contributed by atoms with Gasteiger partial charge in [0.2, 0.25) is 0 Å². The van der Waals surface area contributed by atoms with E-state index in [-0.39, 0.29) is 23.1 Å². The van der Waals surface area contributed by atoms with Crippen molar-refractivity contribution in [3.05, 3.63) is 108 Å². The molecule has 0 fully saturated rings. The lowest BCUT2D eigenvalue weighted by molar-refractivity contribution is 0.0368. The molecule has 0 saturated heterocycles. The number of carbonyl (C=O) groups excluding carboxylic acids is 2. The maximum absolute atomic E-state index is 13.6. The number of benzene rings is 3. The topological polar surface area (TPSA) is 61.2 Å². The Kier molecular flexibility index (Phi) is 5.76. The van der Waals surface area contributed by atoms with Gasteiger partial charge in [0.1, 0.15) is 0 Å². The standard InChI is InChI=1S/C26H22N2O3/c1-18(2)31-26(30)23-22(25(29)20-14-8-4-9-15-20)24(19-12-6-3-7-13-19)28(27-23)21-16-10-5-11-17-21/h3-18H,1-2H3. The SMILES string of the molecule is CC(C)OC(=O)c1nn(-c2ccccc2)c(-c2ccccc2)c1C(=O)c1ccccc1. The molecule has 1 heterocycles. The smallest absolute Gasteiger partial charge is 0.359 e. The summed E-state index contributed by atoms with van der Waals surface area (Å²) in [6.45, 7) is 3.53. The van der Waals surface area contributed by atoms with Gasteiger partial charge in [-0.25, -0.2) is 9.48 Å². The minimum absolute atomic E-state index is 0.00487. The van der Waals surface area contributed by atoms with E-state index in [9.17, 15) is 9.59 Å². The third kappa shape index (κ3) is 4.16. The molecule has 4 rings (SSSR count). The third-order valence-corrected chi connectivity index (χ3v) is 4.73. The molecular weight excluding hydrogens is 388 g/mol. The molecule has 5 nitrogen and oxygen atoms in total. The van der Waals surface area contributed by atoms with E-state index in [2.05, 4.69) is 5.10 Å². The number of hydrogen-bond acceptors (Lipinski definition) is 4. The van der Waals surface area contributed by atoms with Gasteiger partial charge in [0.15, 0.2) is 11.5 Å². The second kappa shape index (κ2) is 8.79. The van der Waals surface area contributed by atoms with Crippen LogP contribution in [0, 0.1) is 0 Å². The minimum atomic E-state index is -0.624. The molecule has 0 aliphatic carbocycles. The summed E-state index contributed by atoms with van der Waals surface area (Å²) in [6, 6.07) is 27.8. The highest BCUT2D eigenvalue weighted by Crippen LogP contribution is 2.31. The lowest BCUT2D eigenvalue weighted by Crippen LogP contribution is -2.16. The lowest BCUT2D eigenvalue weighted by Gasteiger charge is -2.10.